The van der Waals surface area contributed by atoms with Gasteiger partial charge in [0.15, 0.2) is 0 Å². The molecule has 0 spiro atoms. The largest absolute Gasteiger partial charge is 0.314 e. The lowest BCUT2D eigenvalue weighted by Gasteiger charge is -2.21. The van der Waals surface area contributed by atoms with Crippen LogP contribution in [0.4, 0.5) is 0 Å². The molecule has 5 heteroatoms. The van der Waals surface area contributed by atoms with Crippen molar-refractivity contribution in [3.63, 3.8) is 0 Å². The van der Waals surface area contributed by atoms with E-state index in [9.17, 15) is 0 Å². The smallest absolute Gasteiger partial charge is 0.103 e. The molecule has 2 unspecified atom stereocenters. The third-order valence-electron chi connectivity index (χ3n) is 2.63. The van der Waals surface area contributed by atoms with Crippen molar-refractivity contribution in [1.82, 2.24) is 9.78 Å². The minimum absolute atomic E-state index is 0.0563. The normalized spacial score (nSPS) is 16.6. The van der Waals surface area contributed by atoms with Crippen molar-refractivity contribution in [2.24, 2.45) is 5.73 Å². The first-order chi connectivity index (χ1) is 7.28. The molecule has 0 bridgehead atoms. The van der Waals surface area contributed by atoms with Crippen LogP contribution in [0.15, 0.2) is 0 Å². The molecule has 0 saturated heterocycles. The molecule has 88 valence electrons. The second-order valence-corrected chi connectivity index (χ2v) is 4.89. The van der Waals surface area contributed by atoms with Crippen LogP contribution in [0, 0.1) is 25.2 Å². The van der Waals surface area contributed by atoms with Crippen molar-refractivity contribution in [1.29, 1.82) is 5.26 Å². The first kappa shape index (κ1) is 13.0. The third kappa shape index (κ3) is 2.55. The number of nitriles is 1. The van der Waals surface area contributed by atoms with Gasteiger partial charge in [0.25, 0.3) is 0 Å². The van der Waals surface area contributed by atoms with Crippen LogP contribution < -0.4 is 5.73 Å². The summed E-state index contributed by atoms with van der Waals surface area (Å²) in [6.45, 7) is 7.48. The molecule has 1 rings (SSSR count). The second kappa shape index (κ2) is 4.44. The van der Waals surface area contributed by atoms with E-state index < -0.39 is 5.54 Å². The standard InChI is InChI=1S/C11H17ClN4/c1-7(5-11(4,14)6-13)16-9(3)10(12)8(2)15-16/h7H,5,14H2,1-4H3. The highest BCUT2D eigenvalue weighted by atomic mass is 35.5. The summed E-state index contributed by atoms with van der Waals surface area (Å²) in [7, 11) is 0. The number of aryl methyl sites for hydroxylation is 1. The molecule has 4 nitrogen and oxygen atoms in total. The Bertz CT molecular complexity index is 428. The molecule has 0 amide bonds. The molecule has 0 aliphatic carbocycles. The fourth-order valence-electron chi connectivity index (χ4n) is 1.82. The van der Waals surface area contributed by atoms with Gasteiger partial charge in [0.1, 0.15) is 5.54 Å². The molecule has 0 aliphatic heterocycles. The van der Waals surface area contributed by atoms with Crippen molar-refractivity contribution in [2.45, 2.75) is 45.7 Å². The van der Waals surface area contributed by atoms with Crippen molar-refractivity contribution in [3.05, 3.63) is 16.4 Å². The zero-order chi connectivity index (χ0) is 12.5. The maximum atomic E-state index is 8.89. The van der Waals surface area contributed by atoms with Gasteiger partial charge >= 0.3 is 0 Å². The van der Waals surface area contributed by atoms with Gasteiger partial charge in [-0.2, -0.15) is 10.4 Å². The lowest BCUT2D eigenvalue weighted by Crippen LogP contribution is -2.36. The molecule has 1 aromatic heterocycles. The molecule has 2 atom stereocenters. The molecule has 0 aromatic carbocycles. The predicted octanol–water partition coefficient (Wildman–Crippen LogP) is 2.35. The minimum atomic E-state index is -0.835. The molecule has 0 aliphatic rings. The average Bonchev–Trinajstić information content (AvgIpc) is 2.45. The van der Waals surface area contributed by atoms with Gasteiger partial charge < -0.3 is 5.73 Å². The number of hydrogen-bond acceptors (Lipinski definition) is 3. The molecule has 0 fully saturated rings. The molecule has 2 N–H and O–H groups in total. The van der Waals surface area contributed by atoms with E-state index in [2.05, 4.69) is 11.2 Å². The first-order valence-corrected chi connectivity index (χ1v) is 5.57. The molecule has 16 heavy (non-hydrogen) atoms. The highest BCUT2D eigenvalue weighted by Gasteiger charge is 2.24. The van der Waals surface area contributed by atoms with Gasteiger partial charge in [-0.15, -0.1) is 0 Å². The molecule has 0 radical (unpaired) electrons. The van der Waals surface area contributed by atoms with Gasteiger partial charge in [0.05, 0.1) is 28.5 Å². The average molecular weight is 241 g/mol. The van der Waals surface area contributed by atoms with Crippen LogP contribution in [0.1, 0.15) is 37.7 Å². The number of aromatic nitrogens is 2. The van der Waals surface area contributed by atoms with E-state index in [4.69, 9.17) is 22.6 Å². The number of rotatable bonds is 3. The summed E-state index contributed by atoms with van der Waals surface area (Å²) < 4.78 is 1.83. The molecular weight excluding hydrogens is 224 g/mol. The van der Waals surface area contributed by atoms with Gasteiger partial charge in [-0.3, -0.25) is 4.68 Å². The fourth-order valence-corrected chi connectivity index (χ4v) is 1.94. The highest BCUT2D eigenvalue weighted by molar-refractivity contribution is 6.31. The Morgan fingerprint density at radius 3 is 2.56 bits per heavy atom. The molecule has 1 heterocycles. The number of nitrogens with zero attached hydrogens (tertiary/aromatic N) is 3. The summed E-state index contributed by atoms with van der Waals surface area (Å²) in [4.78, 5) is 0. The second-order valence-electron chi connectivity index (χ2n) is 4.51. The molecule has 1 aromatic rings. The fraction of sp³-hybridized carbons (Fsp3) is 0.636. The van der Waals surface area contributed by atoms with Gasteiger partial charge in [-0.25, -0.2) is 0 Å². The highest BCUT2D eigenvalue weighted by Crippen LogP contribution is 2.25. The summed E-state index contributed by atoms with van der Waals surface area (Å²) in [5, 5.41) is 13.9. The Balaban J connectivity index is 2.94. The minimum Gasteiger partial charge on any atom is -0.314 e. The summed E-state index contributed by atoms with van der Waals surface area (Å²) in [5.41, 5.74) is 6.70. The molecule has 0 saturated carbocycles. The lowest BCUT2D eigenvalue weighted by atomic mass is 9.97. The zero-order valence-electron chi connectivity index (χ0n) is 10.1. The monoisotopic (exact) mass is 240 g/mol. The van der Waals surface area contributed by atoms with Crippen molar-refractivity contribution in [3.8, 4) is 6.07 Å². The van der Waals surface area contributed by atoms with Crippen LogP contribution >= 0.6 is 11.6 Å². The topological polar surface area (TPSA) is 67.6 Å². The van der Waals surface area contributed by atoms with Crippen LogP contribution in [0.3, 0.4) is 0 Å². The van der Waals surface area contributed by atoms with Gasteiger partial charge in [-0.1, -0.05) is 11.6 Å². The maximum Gasteiger partial charge on any atom is 0.103 e. The lowest BCUT2D eigenvalue weighted by molar-refractivity contribution is 0.380. The van der Waals surface area contributed by atoms with E-state index in [0.717, 1.165) is 11.4 Å². The van der Waals surface area contributed by atoms with E-state index in [-0.39, 0.29) is 6.04 Å². The van der Waals surface area contributed by atoms with Crippen LogP contribution in [0.25, 0.3) is 0 Å². The number of halogens is 1. The summed E-state index contributed by atoms with van der Waals surface area (Å²) in [6.07, 6.45) is 0.543. The van der Waals surface area contributed by atoms with Gasteiger partial charge in [0, 0.05) is 6.42 Å². The first-order valence-electron chi connectivity index (χ1n) is 5.20. The van der Waals surface area contributed by atoms with Crippen LogP contribution in [-0.4, -0.2) is 15.3 Å². The van der Waals surface area contributed by atoms with E-state index in [1.807, 2.05) is 25.5 Å². The Hall–Kier alpha value is -1.05. The van der Waals surface area contributed by atoms with E-state index >= 15 is 0 Å². The van der Waals surface area contributed by atoms with E-state index in [1.165, 1.54) is 0 Å². The summed E-state index contributed by atoms with van der Waals surface area (Å²) >= 11 is 6.07. The number of nitrogens with two attached hydrogens (primary N) is 1. The summed E-state index contributed by atoms with van der Waals surface area (Å²) in [5.74, 6) is 0. The summed E-state index contributed by atoms with van der Waals surface area (Å²) in [6, 6.07) is 2.14. The Kier molecular flexibility index (Phi) is 3.61. The van der Waals surface area contributed by atoms with Gasteiger partial charge in [-0.05, 0) is 27.7 Å². The SMILES string of the molecule is Cc1nn(C(C)CC(C)(N)C#N)c(C)c1Cl. The van der Waals surface area contributed by atoms with E-state index in [0.29, 0.717) is 11.4 Å². The van der Waals surface area contributed by atoms with Crippen molar-refractivity contribution in [2.75, 3.05) is 0 Å². The quantitative estimate of drug-likeness (QED) is 0.882. The zero-order valence-corrected chi connectivity index (χ0v) is 10.8. The van der Waals surface area contributed by atoms with Crippen molar-refractivity contribution < 1.29 is 0 Å². The Morgan fingerprint density at radius 2 is 2.19 bits per heavy atom. The van der Waals surface area contributed by atoms with Gasteiger partial charge in [0.2, 0.25) is 0 Å². The third-order valence-corrected chi connectivity index (χ3v) is 3.18. The van der Waals surface area contributed by atoms with Crippen LogP contribution in [0.5, 0.6) is 0 Å². The van der Waals surface area contributed by atoms with E-state index in [1.54, 1.807) is 6.92 Å². The predicted molar refractivity (Wildman–Crippen MR) is 64.2 cm³/mol. The van der Waals surface area contributed by atoms with Crippen LogP contribution in [-0.2, 0) is 0 Å². The Morgan fingerprint density at radius 1 is 1.62 bits per heavy atom. The van der Waals surface area contributed by atoms with Crippen LogP contribution in [0.2, 0.25) is 5.02 Å². The Labute approximate surface area is 101 Å². The maximum absolute atomic E-state index is 8.89. The number of hydrogen-bond donors (Lipinski definition) is 1. The van der Waals surface area contributed by atoms with Crippen molar-refractivity contribution >= 4 is 11.6 Å². The molecular formula is C11H17ClN4.